The molecule has 2 aliphatic rings. The number of hydrogen-bond donors (Lipinski definition) is 1. The molecule has 29 heavy (non-hydrogen) atoms. The number of benzene rings is 2. The fourth-order valence-corrected chi connectivity index (χ4v) is 3.68. The van der Waals surface area contributed by atoms with Crippen LogP contribution >= 0.6 is 0 Å². The van der Waals surface area contributed by atoms with Crippen molar-refractivity contribution in [2.24, 2.45) is 0 Å². The van der Waals surface area contributed by atoms with E-state index >= 15 is 0 Å². The molecule has 3 amide bonds. The average Bonchev–Trinajstić information content (AvgIpc) is 3.21. The van der Waals surface area contributed by atoms with E-state index in [1.54, 1.807) is 38.1 Å². The van der Waals surface area contributed by atoms with Crippen LogP contribution in [0.1, 0.15) is 23.6 Å². The lowest BCUT2D eigenvalue weighted by atomic mass is 9.92. The number of nitrogens with zero attached hydrogens (tertiary/aromatic N) is 2. The first-order valence-electron chi connectivity index (χ1n) is 9.04. The van der Waals surface area contributed by atoms with Gasteiger partial charge in [0.2, 0.25) is 6.79 Å². The quantitative estimate of drug-likeness (QED) is 0.472. The van der Waals surface area contributed by atoms with Crippen LogP contribution in [0.2, 0.25) is 0 Å². The Hall–Kier alpha value is -3.62. The molecule has 9 heteroatoms. The predicted molar refractivity (Wildman–Crippen MR) is 102 cm³/mol. The van der Waals surface area contributed by atoms with Crippen molar-refractivity contribution < 1.29 is 24.0 Å². The summed E-state index contributed by atoms with van der Waals surface area (Å²) in [6.45, 7) is 3.40. The summed E-state index contributed by atoms with van der Waals surface area (Å²) in [6.07, 6.45) is 0.276. The van der Waals surface area contributed by atoms with Crippen molar-refractivity contribution >= 4 is 17.6 Å². The van der Waals surface area contributed by atoms with Crippen molar-refractivity contribution in [2.45, 2.75) is 32.4 Å². The number of ether oxygens (including phenoxy) is 2. The van der Waals surface area contributed by atoms with Crippen molar-refractivity contribution in [1.82, 2.24) is 10.2 Å². The Morgan fingerprint density at radius 1 is 1.21 bits per heavy atom. The van der Waals surface area contributed by atoms with Gasteiger partial charge in [-0.05, 0) is 37.1 Å². The Balaban J connectivity index is 1.56. The molecule has 1 N–H and O–H groups in total. The van der Waals surface area contributed by atoms with E-state index in [9.17, 15) is 19.7 Å². The van der Waals surface area contributed by atoms with E-state index in [1.807, 2.05) is 6.07 Å². The normalized spacial score (nSPS) is 20.1. The summed E-state index contributed by atoms with van der Waals surface area (Å²) in [5.74, 6) is 0.862. The van der Waals surface area contributed by atoms with E-state index in [4.69, 9.17) is 9.47 Å². The highest BCUT2D eigenvalue weighted by Crippen LogP contribution is 2.34. The minimum absolute atomic E-state index is 0.0328. The van der Waals surface area contributed by atoms with Crippen LogP contribution in [0.25, 0.3) is 0 Å². The summed E-state index contributed by atoms with van der Waals surface area (Å²) in [5.41, 5.74) is 0.633. The minimum atomic E-state index is -1.13. The summed E-state index contributed by atoms with van der Waals surface area (Å²) >= 11 is 0. The third-order valence-electron chi connectivity index (χ3n) is 5.28. The number of carbonyl (C=O) groups excluding carboxylic acids is 2. The lowest BCUT2D eigenvalue weighted by Crippen LogP contribution is -2.45. The van der Waals surface area contributed by atoms with Gasteiger partial charge >= 0.3 is 6.03 Å². The van der Waals surface area contributed by atoms with Crippen molar-refractivity contribution in [3.8, 4) is 11.5 Å². The zero-order valence-electron chi connectivity index (χ0n) is 15.9. The third-order valence-corrected chi connectivity index (χ3v) is 5.28. The maximum atomic E-state index is 13.1. The van der Waals surface area contributed by atoms with E-state index in [0.29, 0.717) is 22.6 Å². The van der Waals surface area contributed by atoms with Crippen LogP contribution in [-0.4, -0.2) is 34.1 Å². The highest BCUT2D eigenvalue weighted by molar-refractivity contribution is 6.06. The molecular formula is C20H19N3O6. The fourth-order valence-electron chi connectivity index (χ4n) is 3.68. The maximum absolute atomic E-state index is 13.1. The fraction of sp³-hybridized carbons (Fsp3) is 0.300. The van der Waals surface area contributed by atoms with E-state index in [2.05, 4.69) is 5.32 Å². The highest BCUT2D eigenvalue weighted by atomic mass is 16.7. The molecular weight excluding hydrogens is 378 g/mol. The van der Waals surface area contributed by atoms with Crippen molar-refractivity contribution in [3.63, 3.8) is 0 Å². The Morgan fingerprint density at radius 3 is 2.72 bits per heavy atom. The Bertz CT molecular complexity index is 1040. The monoisotopic (exact) mass is 397 g/mol. The van der Waals surface area contributed by atoms with Gasteiger partial charge in [-0.25, -0.2) is 4.79 Å². The lowest BCUT2D eigenvalue weighted by Gasteiger charge is -2.22. The number of hydrogen-bond acceptors (Lipinski definition) is 6. The van der Waals surface area contributed by atoms with Gasteiger partial charge in [-0.3, -0.25) is 19.8 Å². The van der Waals surface area contributed by atoms with Gasteiger partial charge in [0.1, 0.15) is 5.54 Å². The maximum Gasteiger partial charge on any atom is 0.325 e. The molecule has 0 bridgehead atoms. The summed E-state index contributed by atoms with van der Waals surface area (Å²) in [7, 11) is 0. The molecule has 4 rings (SSSR count). The molecule has 0 aliphatic carbocycles. The van der Waals surface area contributed by atoms with Gasteiger partial charge in [0.05, 0.1) is 11.5 Å². The highest BCUT2D eigenvalue weighted by Gasteiger charge is 2.47. The van der Waals surface area contributed by atoms with Gasteiger partial charge in [-0.1, -0.05) is 18.2 Å². The molecule has 0 saturated carbocycles. The molecule has 1 fully saturated rings. The number of imide groups is 1. The van der Waals surface area contributed by atoms with Gasteiger partial charge in [0.25, 0.3) is 11.6 Å². The van der Waals surface area contributed by atoms with Gasteiger partial charge in [0, 0.05) is 18.1 Å². The second-order valence-corrected chi connectivity index (χ2v) is 7.34. The molecule has 0 unspecified atom stereocenters. The summed E-state index contributed by atoms with van der Waals surface area (Å²) in [5, 5.41) is 13.9. The summed E-state index contributed by atoms with van der Waals surface area (Å²) in [6, 6.07) is 9.48. The Kier molecular flexibility index (Phi) is 4.37. The summed E-state index contributed by atoms with van der Waals surface area (Å²) < 4.78 is 10.7. The van der Waals surface area contributed by atoms with Gasteiger partial charge < -0.3 is 14.8 Å². The number of carbonyl (C=O) groups is 2. The molecule has 1 atom stereocenters. The largest absolute Gasteiger partial charge is 0.454 e. The number of nitro groups is 1. The number of urea groups is 1. The predicted octanol–water partition coefficient (Wildman–Crippen LogP) is 2.69. The first kappa shape index (κ1) is 18.7. The molecule has 150 valence electrons. The molecule has 2 aromatic carbocycles. The van der Waals surface area contributed by atoms with Crippen LogP contribution in [0.4, 0.5) is 10.5 Å². The number of rotatable bonds is 5. The van der Waals surface area contributed by atoms with Crippen LogP contribution in [-0.2, 0) is 17.8 Å². The van der Waals surface area contributed by atoms with Crippen LogP contribution < -0.4 is 14.8 Å². The van der Waals surface area contributed by atoms with Crippen LogP contribution in [0.3, 0.4) is 0 Å². The number of fused-ring (bicyclic) bond motifs is 1. The number of amides is 3. The molecule has 0 aromatic heterocycles. The molecule has 2 aromatic rings. The van der Waals surface area contributed by atoms with Gasteiger partial charge in [-0.2, -0.15) is 0 Å². The molecule has 0 spiro atoms. The first-order valence-corrected chi connectivity index (χ1v) is 9.04. The standard InChI is InChI=1S/C20H19N3O6/c1-12-14(4-3-5-15(12)23(26)27)10-22-18(24)20(2,21-19(22)25)9-13-6-7-16-17(8-13)29-11-28-16/h3-8H,9-11H2,1-2H3,(H,21,25)/t20-/m0/s1. The van der Waals surface area contributed by atoms with Crippen LogP contribution in [0, 0.1) is 17.0 Å². The van der Waals surface area contributed by atoms with E-state index < -0.39 is 16.5 Å². The smallest absolute Gasteiger partial charge is 0.325 e. The molecule has 1 saturated heterocycles. The second-order valence-electron chi connectivity index (χ2n) is 7.34. The van der Waals surface area contributed by atoms with Crippen molar-refractivity contribution in [2.75, 3.05) is 6.79 Å². The Morgan fingerprint density at radius 2 is 1.97 bits per heavy atom. The molecule has 2 aliphatic heterocycles. The zero-order chi connectivity index (χ0) is 20.8. The van der Waals surface area contributed by atoms with Gasteiger partial charge in [-0.15, -0.1) is 0 Å². The second kappa shape index (κ2) is 6.77. The average molecular weight is 397 g/mol. The van der Waals surface area contributed by atoms with E-state index in [0.717, 1.165) is 10.5 Å². The van der Waals surface area contributed by atoms with Crippen molar-refractivity contribution in [3.05, 3.63) is 63.2 Å². The SMILES string of the molecule is Cc1c(CN2C(=O)N[C@@](C)(Cc3ccc4c(c3)OCO4)C2=O)cccc1[N+](=O)[O-]. The van der Waals surface area contributed by atoms with Gasteiger partial charge in [0.15, 0.2) is 11.5 Å². The number of nitro benzene ring substituents is 1. The first-order chi connectivity index (χ1) is 13.8. The molecule has 2 heterocycles. The minimum Gasteiger partial charge on any atom is -0.454 e. The molecule has 9 nitrogen and oxygen atoms in total. The van der Waals surface area contributed by atoms with Crippen molar-refractivity contribution in [1.29, 1.82) is 0 Å². The summed E-state index contributed by atoms with van der Waals surface area (Å²) in [4.78, 5) is 37.4. The van der Waals surface area contributed by atoms with E-state index in [-0.39, 0.29) is 31.4 Å². The van der Waals surface area contributed by atoms with Crippen LogP contribution in [0.15, 0.2) is 36.4 Å². The van der Waals surface area contributed by atoms with E-state index in [1.165, 1.54) is 6.07 Å². The lowest BCUT2D eigenvalue weighted by molar-refractivity contribution is -0.385. The van der Waals surface area contributed by atoms with Crippen LogP contribution in [0.5, 0.6) is 11.5 Å². The number of nitrogens with one attached hydrogen (secondary N) is 1. The molecule has 0 radical (unpaired) electrons. The zero-order valence-corrected chi connectivity index (χ0v) is 15.9. The third kappa shape index (κ3) is 3.24. The Labute approximate surface area is 166 Å². The topological polar surface area (TPSA) is 111 Å².